The second-order valence-electron chi connectivity index (χ2n) is 5.87. The van der Waals surface area contributed by atoms with E-state index in [0.717, 1.165) is 0 Å². The van der Waals surface area contributed by atoms with Crippen LogP contribution >= 0.6 is 0 Å². The minimum absolute atomic E-state index is 0.198. The number of hydrogen-bond acceptors (Lipinski definition) is 0. The average molecular weight is 268 g/mol. The molecule has 0 aromatic carbocycles. The van der Waals surface area contributed by atoms with Crippen molar-refractivity contribution in [3.05, 3.63) is 11.7 Å². The summed E-state index contributed by atoms with van der Waals surface area (Å²) >= 11 is 0. The fraction of sp³-hybridized carbons (Fsp3) is 0.833. The van der Waals surface area contributed by atoms with Gasteiger partial charge in [0.05, 0.1) is 0 Å². The Bertz CT molecular complexity index is 459. The van der Waals surface area contributed by atoms with Crippen molar-refractivity contribution in [1.82, 2.24) is 0 Å². The Morgan fingerprint density at radius 3 is 1.39 bits per heavy atom. The first-order chi connectivity index (χ1) is 8.29. The zero-order chi connectivity index (χ0) is 13.1. The molecule has 4 aliphatic rings. The summed E-state index contributed by atoms with van der Waals surface area (Å²) in [4.78, 5) is 0. The average Bonchev–Trinajstić information content (AvgIpc) is 2.41. The van der Waals surface area contributed by atoms with Crippen LogP contribution in [0.5, 0.6) is 0 Å². The Hall–Kier alpha value is -0.680. The molecule has 3 fully saturated rings. The summed E-state index contributed by atoms with van der Waals surface area (Å²) < 4.78 is 83.6. The molecule has 0 aromatic rings. The molecule has 0 radical (unpaired) electrons. The summed E-state index contributed by atoms with van der Waals surface area (Å²) in [7, 11) is 0. The maximum atomic E-state index is 14.5. The van der Waals surface area contributed by atoms with E-state index in [1.807, 2.05) is 0 Å². The third-order valence-corrected chi connectivity index (χ3v) is 5.59. The smallest absolute Gasteiger partial charge is 0.236 e. The lowest BCUT2D eigenvalue weighted by Crippen LogP contribution is -3.03. The molecule has 6 atom stereocenters. The highest BCUT2D eigenvalue weighted by molar-refractivity contribution is 5.65. The summed E-state index contributed by atoms with van der Waals surface area (Å²) in [5, 5.41) is 0. The van der Waals surface area contributed by atoms with Gasteiger partial charge in [-0.15, -0.1) is 0 Å². The van der Waals surface area contributed by atoms with Gasteiger partial charge in [0.15, 0.2) is 23.0 Å². The molecule has 4 aliphatic carbocycles. The normalized spacial score (nSPS) is 65.0. The predicted octanol–water partition coefficient (Wildman–Crippen LogP) is 3.82. The van der Waals surface area contributed by atoms with Crippen LogP contribution in [0.1, 0.15) is 25.7 Å². The summed E-state index contributed by atoms with van der Waals surface area (Å²) in [5.74, 6) is -6.26. The van der Waals surface area contributed by atoms with Gasteiger partial charge in [0.25, 0.3) is 0 Å². The van der Waals surface area contributed by atoms with Crippen molar-refractivity contribution in [2.75, 3.05) is 0 Å². The lowest BCUT2D eigenvalue weighted by Gasteiger charge is -2.81. The molecule has 0 spiro atoms. The standard InChI is InChI=1S/C12H10F6/c13-7-8(14)12(18)10(16)6-4-2-1-3-5(6)9(10,15)11(7,12)17/h5-6H,1-4H2/t5-,6+,9-,10+,11+,12-. The SMILES string of the molecule is FC1=C(F)[C@]2(F)[C@@]1(F)[C@@]1(F)[C@@H]3CCCC[C@@H]3[C@@]21F. The topological polar surface area (TPSA) is 0 Å². The minimum Gasteiger partial charge on any atom is -0.236 e. The molecule has 0 aliphatic heterocycles. The number of allylic oxidation sites excluding steroid dienone is 2. The quantitative estimate of drug-likeness (QED) is 0.586. The molecule has 0 amide bonds. The Morgan fingerprint density at radius 2 is 1.06 bits per heavy atom. The van der Waals surface area contributed by atoms with Crippen molar-refractivity contribution >= 4 is 0 Å². The van der Waals surface area contributed by atoms with Gasteiger partial charge in [0, 0.05) is 11.8 Å². The van der Waals surface area contributed by atoms with Gasteiger partial charge in [0.2, 0.25) is 11.3 Å². The van der Waals surface area contributed by atoms with Crippen LogP contribution in [0.2, 0.25) is 0 Å². The first kappa shape index (κ1) is 11.2. The van der Waals surface area contributed by atoms with Gasteiger partial charge >= 0.3 is 0 Å². The molecule has 18 heavy (non-hydrogen) atoms. The van der Waals surface area contributed by atoms with E-state index in [-0.39, 0.29) is 12.8 Å². The van der Waals surface area contributed by atoms with Crippen LogP contribution in [0.25, 0.3) is 0 Å². The maximum absolute atomic E-state index is 14.5. The summed E-state index contributed by atoms with van der Waals surface area (Å²) in [5.41, 5.74) is -13.9. The number of hydrogen-bond donors (Lipinski definition) is 0. The molecular formula is C12H10F6. The van der Waals surface area contributed by atoms with Gasteiger partial charge in [-0.2, -0.15) is 0 Å². The second kappa shape index (κ2) is 2.48. The van der Waals surface area contributed by atoms with Crippen LogP contribution in [-0.4, -0.2) is 22.7 Å². The number of alkyl halides is 4. The van der Waals surface area contributed by atoms with Crippen molar-refractivity contribution in [2.45, 2.75) is 48.4 Å². The number of rotatable bonds is 0. The van der Waals surface area contributed by atoms with Crippen molar-refractivity contribution in [3.63, 3.8) is 0 Å². The maximum Gasteiger partial charge on any atom is 0.245 e. The van der Waals surface area contributed by atoms with E-state index in [4.69, 9.17) is 0 Å². The van der Waals surface area contributed by atoms with Crippen LogP contribution < -0.4 is 0 Å². The molecule has 3 saturated carbocycles. The van der Waals surface area contributed by atoms with Gasteiger partial charge in [-0.05, 0) is 12.8 Å². The van der Waals surface area contributed by atoms with E-state index in [2.05, 4.69) is 0 Å². The van der Waals surface area contributed by atoms with Crippen molar-refractivity contribution in [2.24, 2.45) is 11.8 Å². The molecule has 100 valence electrons. The fourth-order valence-electron chi connectivity index (χ4n) is 4.84. The van der Waals surface area contributed by atoms with Gasteiger partial charge in [0.1, 0.15) is 0 Å². The van der Waals surface area contributed by atoms with Crippen LogP contribution in [0.4, 0.5) is 26.3 Å². The van der Waals surface area contributed by atoms with Crippen LogP contribution in [-0.2, 0) is 0 Å². The molecule has 0 N–H and O–H groups in total. The van der Waals surface area contributed by atoms with E-state index in [9.17, 15) is 26.3 Å². The van der Waals surface area contributed by atoms with Crippen molar-refractivity contribution in [3.8, 4) is 0 Å². The first-order valence-electron chi connectivity index (χ1n) is 6.11. The van der Waals surface area contributed by atoms with E-state index >= 15 is 0 Å². The first-order valence-corrected chi connectivity index (χ1v) is 6.11. The molecule has 0 nitrogen and oxygen atoms in total. The molecule has 0 bridgehead atoms. The lowest BCUT2D eigenvalue weighted by atomic mass is 9.26. The second-order valence-corrected chi connectivity index (χ2v) is 5.87. The number of halogens is 6. The van der Waals surface area contributed by atoms with Crippen molar-refractivity contribution < 1.29 is 26.3 Å². The molecule has 4 rings (SSSR count). The molecule has 6 heteroatoms. The molecule has 0 heterocycles. The fourth-order valence-corrected chi connectivity index (χ4v) is 4.84. The summed E-state index contributed by atoms with van der Waals surface area (Å²) in [6.07, 6.45) is 1.55. The van der Waals surface area contributed by atoms with E-state index in [1.54, 1.807) is 0 Å². The molecule has 0 aromatic heterocycles. The molecule has 0 saturated heterocycles. The Balaban J connectivity index is 1.90. The van der Waals surface area contributed by atoms with Gasteiger partial charge in [-0.3, -0.25) is 0 Å². The Morgan fingerprint density at radius 1 is 0.722 bits per heavy atom. The van der Waals surface area contributed by atoms with Gasteiger partial charge in [-0.25, -0.2) is 26.3 Å². The highest BCUT2D eigenvalue weighted by atomic mass is 19.2. The highest BCUT2D eigenvalue weighted by Gasteiger charge is 3.09. The predicted molar refractivity (Wildman–Crippen MR) is 50.0 cm³/mol. The monoisotopic (exact) mass is 268 g/mol. The zero-order valence-electron chi connectivity index (χ0n) is 9.25. The van der Waals surface area contributed by atoms with Crippen molar-refractivity contribution in [1.29, 1.82) is 0 Å². The molecular weight excluding hydrogens is 258 g/mol. The Kier molecular flexibility index (Phi) is 1.54. The van der Waals surface area contributed by atoms with Gasteiger partial charge < -0.3 is 0 Å². The van der Waals surface area contributed by atoms with Crippen LogP contribution in [0, 0.1) is 11.8 Å². The number of fused-ring (bicyclic) bond motifs is 7. The third kappa shape index (κ3) is 0.569. The largest absolute Gasteiger partial charge is 0.245 e. The van der Waals surface area contributed by atoms with Crippen LogP contribution in [0.15, 0.2) is 11.7 Å². The van der Waals surface area contributed by atoms with E-state index in [0.29, 0.717) is 12.8 Å². The van der Waals surface area contributed by atoms with Gasteiger partial charge in [-0.1, -0.05) is 12.8 Å². The highest BCUT2D eigenvalue weighted by Crippen LogP contribution is 2.88. The zero-order valence-corrected chi connectivity index (χ0v) is 9.25. The third-order valence-electron chi connectivity index (χ3n) is 5.59. The molecule has 0 unspecified atom stereocenters. The van der Waals surface area contributed by atoms with E-state index < -0.39 is 46.2 Å². The van der Waals surface area contributed by atoms with Crippen LogP contribution in [0.3, 0.4) is 0 Å². The minimum atomic E-state index is -3.74. The lowest BCUT2D eigenvalue weighted by molar-refractivity contribution is -0.450. The summed E-state index contributed by atoms with van der Waals surface area (Å²) in [6, 6.07) is 0. The Labute approximate surface area is 99.0 Å². The van der Waals surface area contributed by atoms with E-state index in [1.165, 1.54) is 0 Å². The summed E-state index contributed by atoms with van der Waals surface area (Å²) in [6.45, 7) is 0.